The highest BCUT2D eigenvalue weighted by atomic mass is 16.5. The minimum atomic E-state index is 0.845. The number of methoxy groups -OCH3 is 1. The van der Waals surface area contributed by atoms with Crippen LogP contribution < -0.4 is 9.64 Å². The third kappa shape index (κ3) is 2.93. The maximum absolute atomic E-state index is 5.32. The van der Waals surface area contributed by atoms with Crippen LogP contribution in [0.25, 0.3) is 0 Å². The van der Waals surface area contributed by atoms with Crippen LogP contribution in [0.4, 0.5) is 5.69 Å². The monoisotopic (exact) mass is 274 g/mol. The van der Waals surface area contributed by atoms with E-state index in [2.05, 4.69) is 34.9 Å². The van der Waals surface area contributed by atoms with Crippen LogP contribution in [-0.4, -0.2) is 44.2 Å². The zero-order valence-electron chi connectivity index (χ0n) is 12.7. The molecule has 3 rings (SSSR count). The fourth-order valence-corrected chi connectivity index (χ4v) is 3.66. The molecule has 1 aromatic carbocycles. The molecule has 0 unspecified atom stereocenters. The number of anilines is 1. The molecule has 1 saturated heterocycles. The van der Waals surface area contributed by atoms with Crippen molar-refractivity contribution in [3.63, 3.8) is 0 Å². The molecule has 3 heteroatoms. The average Bonchev–Trinajstić information content (AvgIpc) is 2.94. The molecule has 2 fully saturated rings. The molecule has 1 heterocycles. The normalized spacial score (nSPS) is 27.8. The fourth-order valence-electron chi connectivity index (χ4n) is 3.66. The first-order valence-corrected chi connectivity index (χ1v) is 7.89. The summed E-state index contributed by atoms with van der Waals surface area (Å²) in [6.07, 6.45) is 4.22. The van der Waals surface area contributed by atoms with Crippen molar-refractivity contribution in [1.82, 2.24) is 4.90 Å². The molecule has 110 valence electrons. The Hall–Kier alpha value is -1.22. The van der Waals surface area contributed by atoms with Gasteiger partial charge < -0.3 is 9.64 Å². The van der Waals surface area contributed by atoms with Crippen molar-refractivity contribution in [3.05, 3.63) is 24.3 Å². The number of piperazine rings is 1. The van der Waals surface area contributed by atoms with E-state index < -0.39 is 0 Å². The minimum absolute atomic E-state index is 0.845. The lowest BCUT2D eigenvalue weighted by Crippen LogP contribution is -2.49. The molecule has 3 nitrogen and oxygen atoms in total. The van der Waals surface area contributed by atoms with E-state index in [9.17, 15) is 0 Å². The molecule has 1 aliphatic heterocycles. The van der Waals surface area contributed by atoms with Crippen LogP contribution in [0.1, 0.15) is 26.2 Å². The summed E-state index contributed by atoms with van der Waals surface area (Å²) in [6.45, 7) is 7.08. The molecule has 0 spiro atoms. The van der Waals surface area contributed by atoms with Gasteiger partial charge in [-0.15, -0.1) is 0 Å². The van der Waals surface area contributed by atoms with Crippen molar-refractivity contribution < 1.29 is 4.74 Å². The van der Waals surface area contributed by atoms with E-state index in [1.807, 2.05) is 6.07 Å². The highest BCUT2D eigenvalue weighted by Crippen LogP contribution is 2.30. The summed E-state index contributed by atoms with van der Waals surface area (Å²) in [5.41, 5.74) is 1.30. The van der Waals surface area contributed by atoms with Crippen LogP contribution in [0, 0.1) is 5.92 Å². The van der Waals surface area contributed by atoms with E-state index in [0.717, 1.165) is 30.8 Å². The predicted octanol–water partition coefficient (Wildman–Crippen LogP) is 3.01. The first-order valence-electron chi connectivity index (χ1n) is 7.89. The molecule has 1 aliphatic carbocycles. The summed E-state index contributed by atoms with van der Waals surface area (Å²) in [5, 5.41) is 0. The van der Waals surface area contributed by atoms with E-state index in [1.54, 1.807) is 7.11 Å². The Morgan fingerprint density at radius 1 is 1.10 bits per heavy atom. The Balaban J connectivity index is 1.58. The minimum Gasteiger partial charge on any atom is -0.497 e. The van der Waals surface area contributed by atoms with Crippen molar-refractivity contribution in [3.8, 4) is 5.75 Å². The van der Waals surface area contributed by atoms with Gasteiger partial charge in [-0.2, -0.15) is 0 Å². The van der Waals surface area contributed by atoms with E-state index in [4.69, 9.17) is 4.74 Å². The molecule has 2 aliphatic rings. The molecule has 0 aromatic heterocycles. The standard InChI is InChI=1S/C17H26N2O/c1-14-6-7-16(12-14)19-10-8-18(9-11-19)15-4-3-5-17(13-15)20-2/h3-5,13-14,16H,6-12H2,1-2H3/t14-,16-/m0/s1. The first-order chi connectivity index (χ1) is 9.76. The molecule has 0 N–H and O–H groups in total. The molecule has 1 aromatic rings. The van der Waals surface area contributed by atoms with Crippen molar-refractivity contribution in [1.29, 1.82) is 0 Å². The molecule has 2 atom stereocenters. The summed E-state index contributed by atoms with van der Waals surface area (Å²) >= 11 is 0. The zero-order valence-corrected chi connectivity index (χ0v) is 12.7. The summed E-state index contributed by atoms with van der Waals surface area (Å²) < 4.78 is 5.32. The molecule has 0 radical (unpaired) electrons. The van der Waals surface area contributed by atoms with Crippen molar-refractivity contribution in [2.45, 2.75) is 32.2 Å². The van der Waals surface area contributed by atoms with E-state index in [1.165, 1.54) is 38.0 Å². The molecule has 0 amide bonds. The Kier molecular flexibility index (Phi) is 4.16. The van der Waals surface area contributed by atoms with Crippen LogP contribution in [0.5, 0.6) is 5.75 Å². The number of ether oxygens (including phenoxy) is 1. The van der Waals surface area contributed by atoms with Crippen molar-refractivity contribution >= 4 is 5.69 Å². The van der Waals surface area contributed by atoms with Gasteiger partial charge in [-0.3, -0.25) is 4.90 Å². The molecule has 1 saturated carbocycles. The van der Waals surface area contributed by atoms with E-state index in [-0.39, 0.29) is 0 Å². The first kappa shape index (κ1) is 13.7. The summed E-state index contributed by atoms with van der Waals surface area (Å²) in [7, 11) is 1.73. The lowest BCUT2D eigenvalue weighted by atomic mass is 10.1. The van der Waals surface area contributed by atoms with Crippen LogP contribution in [0.15, 0.2) is 24.3 Å². The van der Waals surface area contributed by atoms with Gasteiger partial charge >= 0.3 is 0 Å². The van der Waals surface area contributed by atoms with Gasteiger partial charge in [-0.25, -0.2) is 0 Å². The molecule has 0 bridgehead atoms. The topological polar surface area (TPSA) is 15.7 Å². The van der Waals surface area contributed by atoms with Crippen LogP contribution >= 0.6 is 0 Å². The van der Waals surface area contributed by atoms with Gasteiger partial charge in [0.05, 0.1) is 7.11 Å². The van der Waals surface area contributed by atoms with Crippen LogP contribution in [0.3, 0.4) is 0 Å². The number of rotatable bonds is 3. The molecule has 20 heavy (non-hydrogen) atoms. The van der Waals surface area contributed by atoms with E-state index >= 15 is 0 Å². The van der Waals surface area contributed by atoms with Gasteiger partial charge in [0.15, 0.2) is 0 Å². The predicted molar refractivity (Wildman–Crippen MR) is 83.6 cm³/mol. The van der Waals surface area contributed by atoms with Crippen molar-refractivity contribution in [2.24, 2.45) is 5.92 Å². The highest BCUT2D eigenvalue weighted by Gasteiger charge is 2.29. The maximum atomic E-state index is 5.32. The third-order valence-corrected chi connectivity index (χ3v) is 4.92. The van der Waals surface area contributed by atoms with Crippen molar-refractivity contribution in [2.75, 3.05) is 38.2 Å². The SMILES string of the molecule is COc1cccc(N2CCN([C@H]3CC[C@H](C)C3)CC2)c1. The van der Waals surface area contributed by atoms with Gasteiger partial charge in [0.2, 0.25) is 0 Å². The van der Waals surface area contributed by atoms with E-state index in [0.29, 0.717) is 0 Å². The Morgan fingerprint density at radius 2 is 1.90 bits per heavy atom. The molecular weight excluding hydrogens is 248 g/mol. The molecular formula is C17H26N2O. The summed E-state index contributed by atoms with van der Waals surface area (Å²) in [4.78, 5) is 5.19. The average molecular weight is 274 g/mol. The highest BCUT2D eigenvalue weighted by molar-refractivity contribution is 5.51. The van der Waals surface area contributed by atoms with Gasteiger partial charge in [-0.1, -0.05) is 13.0 Å². The number of benzene rings is 1. The number of hydrogen-bond acceptors (Lipinski definition) is 3. The second-order valence-corrected chi connectivity index (χ2v) is 6.30. The lowest BCUT2D eigenvalue weighted by Gasteiger charge is -2.39. The Labute approximate surface area is 122 Å². The largest absolute Gasteiger partial charge is 0.497 e. The smallest absolute Gasteiger partial charge is 0.120 e. The zero-order chi connectivity index (χ0) is 13.9. The second kappa shape index (κ2) is 6.04. The van der Waals surface area contributed by atoms with Gasteiger partial charge in [0.25, 0.3) is 0 Å². The van der Waals surface area contributed by atoms with Gasteiger partial charge in [-0.05, 0) is 37.3 Å². The summed E-state index contributed by atoms with van der Waals surface area (Å²) in [6, 6.07) is 9.28. The fraction of sp³-hybridized carbons (Fsp3) is 0.647. The van der Waals surface area contributed by atoms with Gasteiger partial charge in [0, 0.05) is 44.0 Å². The number of nitrogens with zero attached hydrogens (tertiary/aromatic N) is 2. The summed E-state index contributed by atoms with van der Waals surface area (Å²) in [5.74, 6) is 1.88. The van der Waals surface area contributed by atoms with Crippen LogP contribution in [0.2, 0.25) is 0 Å². The van der Waals surface area contributed by atoms with Crippen LogP contribution in [-0.2, 0) is 0 Å². The number of hydrogen-bond donors (Lipinski definition) is 0. The Bertz CT molecular complexity index is 440. The quantitative estimate of drug-likeness (QED) is 0.842. The van der Waals surface area contributed by atoms with Gasteiger partial charge in [0.1, 0.15) is 5.75 Å². The Morgan fingerprint density at radius 3 is 2.55 bits per heavy atom. The second-order valence-electron chi connectivity index (χ2n) is 6.30. The maximum Gasteiger partial charge on any atom is 0.120 e. The third-order valence-electron chi connectivity index (χ3n) is 4.92. The lowest BCUT2D eigenvalue weighted by molar-refractivity contribution is 0.184.